The second-order valence-electron chi connectivity index (χ2n) is 7.14. The quantitative estimate of drug-likeness (QED) is 0.691. The van der Waals surface area contributed by atoms with E-state index < -0.39 is 0 Å². The van der Waals surface area contributed by atoms with Gasteiger partial charge in [-0.05, 0) is 52.6 Å². The van der Waals surface area contributed by atoms with Crippen LogP contribution in [-0.2, 0) is 13.2 Å². The van der Waals surface area contributed by atoms with Crippen molar-refractivity contribution in [1.82, 2.24) is 14.7 Å². The Kier molecular flexibility index (Phi) is 6.16. The van der Waals surface area contributed by atoms with E-state index in [-0.39, 0.29) is 5.56 Å². The highest BCUT2D eigenvalue weighted by Crippen LogP contribution is 2.32. The molecule has 3 atom stereocenters. The molecule has 5 nitrogen and oxygen atoms in total. The highest BCUT2D eigenvalue weighted by atomic mass is 79.9. The van der Waals surface area contributed by atoms with Crippen molar-refractivity contribution >= 4 is 30.9 Å². The van der Waals surface area contributed by atoms with Gasteiger partial charge in [-0.3, -0.25) is 4.79 Å². The van der Waals surface area contributed by atoms with E-state index in [9.17, 15) is 4.79 Å². The van der Waals surface area contributed by atoms with E-state index in [0.717, 1.165) is 31.4 Å². The zero-order valence-corrected chi connectivity index (χ0v) is 18.3. The van der Waals surface area contributed by atoms with Gasteiger partial charge >= 0.3 is 0 Å². The van der Waals surface area contributed by atoms with Crippen LogP contribution in [0.1, 0.15) is 23.5 Å². The summed E-state index contributed by atoms with van der Waals surface area (Å²) in [5.74, 6) is 0.484. The average molecular weight is 437 g/mol. The highest BCUT2D eigenvalue weighted by molar-refractivity contribution is 9.10. The van der Waals surface area contributed by atoms with Crippen LogP contribution in [0.2, 0.25) is 0 Å². The maximum atomic E-state index is 12.2. The molecular weight excluding hydrogens is 411 g/mol. The van der Waals surface area contributed by atoms with Crippen LogP contribution < -0.4 is 10.5 Å². The average Bonchev–Trinajstić information content (AvgIpc) is 2.65. The number of hydrogen-bond acceptors (Lipinski definition) is 4. The second-order valence-corrected chi connectivity index (χ2v) is 8.34. The summed E-state index contributed by atoms with van der Waals surface area (Å²) in [5.41, 5.74) is 3.47. The van der Waals surface area contributed by atoms with Crippen molar-refractivity contribution in [3.63, 3.8) is 0 Å². The predicted octanol–water partition coefficient (Wildman–Crippen LogP) is 2.84. The molecule has 1 fully saturated rings. The topological polar surface area (TPSA) is 41.4 Å². The lowest BCUT2D eigenvalue weighted by Gasteiger charge is -2.41. The Labute approximate surface area is 165 Å². The van der Waals surface area contributed by atoms with Crippen LogP contribution in [0.5, 0.6) is 0 Å². The van der Waals surface area contributed by atoms with Gasteiger partial charge in [-0.1, -0.05) is 24.3 Å². The molecule has 0 aliphatic carbocycles. The molecule has 0 amide bonds. The predicted molar refractivity (Wildman–Crippen MR) is 114 cm³/mol. The van der Waals surface area contributed by atoms with Crippen LogP contribution in [0, 0.1) is 0 Å². The summed E-state index contributed by atoms with van der Waals surface area (Å²) in [7, 11) is 8.66. The summed E-state index contributed by atoms with van der Waals surface area (Å²) in [6, 6.07) is 9.28. The molecule has 3 rings (SSSR count). The minimum atomic E-state index is -0.108. The lowest BCUT2D eigenvalue weighted by Crippen LogP contribution is -2.48. The molecule has 1 saturated heterocycles. The Morgan fingerprint density at radius 2 is 1.96 bits per heavy atom. The van der Waals surface area contributed by atoms with Crippen molar-refractivity contribution < 1.29 is 0 Å². The fourth-order valence-electron chi connectivity index (χ4n) is 3.68. The van der Waals surface area contributed by atoms with Gasteiger partial charge in [0.2, 0.25) is 0 Å². The van der Waals surface area contributed by atoms with Gasteiger partial charge in [-0.2, -0.15) is 5.10 Å². The number of anilines is 1. The third kappa shape index (κ3) is 4.03. The number of likely N-dealkylation sites (N-methyl/N-ethyl adjacent to an activating group) is 2. The number of likely N-dealkylation sites (tertiary alicyclic amines) is 1. The molecule has 140 valence electrons. The fraction of sp³-hybridized carbons (Fsp3) is 0.474. The van der Waals surface area contributed by atoms with E-state index >= 15 is 0 Å². The maximum Gasteiger partial charge on any atom is 0.282 e. The first-order valence-corrected chi connectivity index (χ1v) is 10.4. The molecule has 0 saturated carbocycles. The lowest BCUT2D eigenvalue weighted by molar-refractivity contribution is 0.223. The lowest BCUT2D eigenvalue weighted by atomic mass is 9.87. The summed E-state index contributed by atoms with van der Waals surface area (Å²) in [5, 5.41) is 4.19. The molecule has 1 aliphatic rings. The van der Waals surface area contributed by atoms with Crippen molar-refractivity contribution in [3.05, 3.63) is 56.4 Å². The van der Waals surface area contributed by atoms with Gasteiger partial charge in [0.25, 0.3) is 5.56 Å². The molecule has 1 aromatic carbocycles. The van der Waals surface area contributed by atoms with Crippen molar-refractivity contribution in [2.24, 2.45) is 7.05 Å². The Hall–Kier alpha value is -1.23. The summed E-state index contributed by atoms with van der Waals surface area (Å²) in [6.07, 6.45) is 3.81. The van der Waals surface area contributed by atoms with Gasteiger partial charge in [-0.15, -0.1) is 9.24 Å². The molecule has 0 bridgehead atoms. The summed E-state index contributed by atoms with van der Waals surface area (Å²) in [6.45, 7) is 2.03. The maximum absolute atomic E-state index is 12.2. The normalized spacial score (nSPS) is 21.0. The fourth-order valence-corrected chi connectivity index (χ4v) is 4.59. The van der Waals surface area contributed by atoms with Crippen LogP contribution in [0.4, 0.5) is 5.69 Å². The van der Waals surface area contributed by atoms with E-state index in [0.29, 0.717) is 16.4 Å². The standard InChI is InChI=1S/C19H26BrN4OP/c1-22-10-15(14-6-4-13(12-26)5-7-14)8-16(11-22)23(2)17-9-21-24(3)19(25)18(17)20/h4-7,9,15-16H,8,10-12,26H2,1-3H3. The van der Waals surface area contributed by atoms with Gasteiger partial charge in [0, 0.05) is 33.2 Å². The van der Waals surface area contributed by atoms with Crippen LogP contribution in [0.25, 0.3) is 0 Å². The number of rotatable bonds is 4. The Morgan fingerprint density at radius 3 is 2.62 bits per heavy atom. The zero-order valence-electron chi connectivity index (χ0n) is 15.5. The summed E-state index contributed by atoms with van der Waals surface area (Å²) in [4.78, 5) is 16.8. The van der Waals surface area contributed by atoms with Crippen LogP contribution in [0.15, 0.2) is 39.7 Å². The minimum absolute atomic E-state index is 0.108. The smallest absolute Gasteiger partial charge is 0.282 e. The van der Waals surface area contributed by atoms with Crippen molar-refractivity contribution in [3.8, 4) is 0 Å². The van der Waals surface area contributed by atoms with Gasteiger partial charge in [0.15, 0.2) is 0 Å². The zero-order chi connectivity index (χ0) is 18.8. The number of halogens is 1. The second kappa shape index (κ2) is 8.20. The molecule has 7 heteroatoms. The van der Waals surface area contributed by atoms with Crippen molar-refractivity contribution in [1.29, 1.82) is 0 Å². The van der Waals surface area contributed by atoms with E-state index in [1.165, 1.54) is 15.8 Å². The number of aryl methyl sites for hydroxylation is 1. The van der Waals surface area contributed by atoms with E-state index in [1.807, 2.05) is 0 Å². The number of hydrogen-bond donors (Lipinski definition) is 0. The molecule has 26 heavy (non-hydrogen) atoms. The molecule has 3 unspecified atom stereocenters. The molecular formula is C19H26BrN4OP. The first-order chi connectivity index (χ1) is 12.4. The van der Waals surface area contributed by atoms with Crippen molar-refractivity contribution in [2.75, 3.05) is 32.1 Å². The molecule has 1 aliphatic heterocycles. The highest BCUT2D eigenvalue weighted by Gasteiger charge is 2.30. The van der Waals surface area contributed by atoms with Gasteiger partial charge in [0.05, 0.1) is 11.9 Å². The van der Waals surface area contributed by atoms with Gasteiger partial charge in [0.1, 0.15) is 4.47 Å². The number of nitrogens with zero attached hydrogens (tertiary/aromatic N) is 4. The van der Waals surface area contributed by atoms with Gasteiger partial charge in [-0.25, -0.2) is 4.68 Å². The number of piperidine rings is 1. The molecule has 1 aromatic heterocycles. The first-order valence-electron chi connectivity index (χ1n) is 8.82. The Bertz CT molecular complexity index is 823. The molecule has 2 heterocycles. The number of benzene rings is 1. The SMILES string of the molecule is CN1CC(c2ccc(CP)cc2)CC(N(C)c2cnn(C)c(=O)c2Br)C1. The third-order valence-corrected chi connectivity index (χ3v) is 6.50. The Morgan fingerprint density at radius 1 is 1.27 bits per heavy atom. The van der Waals surface area contributed by atoms with Crippen LogP contribution >= 0.6 is 25.2 Å². The Balaban J connectivity index is 1.83. The number of aromatic nitrogens is 2. The summed E-state index contributed by atoms with van der Waals surface area (Å²) < 4.78 is 1.93. The summed E-state index contributed by atoms with van der Waals surface area (Å²) >= 11 is 3.46. The van der Waals surface area contributed by atoms with Crippen LogP contribution in [-0.4, -0.2) is 47.9 Å². The van der Waals surface area contributed by atoms with Gasteiger partial charge < -0.3 is 9.80 Å². The van der Waals surface area contributed by atoms with E-state index in [2.05, 4.69) is 78.4 Å². The molecule has 0 spiro atoms. The monoisotopic (exact) mass is 436 g/mol. The van der Waals surface area contributed by atoms with Crippen molar-refractivity contribution in [2.45, 2.75) is 24.5 Å². The third-order valence-electron chi connectivity index (χ3n) is 5.29. The molecule has 2 aromatic rings. The first kappa shape index (κ1) is 19.5. The van der Waals surface area contributed by atoms with E-state index in [1.54, 1.807) is 13.2 Å². The molecule has 0 N–H and O–H groups in total. The minimum Gasteiger partial charge on any atom is -0.368 e. The largest absolute Gasteiger partial charge is 0.368 e. The molecule has 0 radical (unpaired) electrons. The van der Waals surface area contributed by atoms with E-state index in [4.69, 9.17) is 0 Å². The van der Waals surface area contributed by atoms with Crippen LogP contribution in [0.3, 0.4) is 0 Å².